The number of phenolic OH excluding ortho intramolecular Hbond substituents is 6. The van der Waals surface area contributed by atoms with Crippen molar-refractivity contribution in [2.45, 2.75) is 96.3 Å². The third-order valence-electron chi connectivity index (χ3n) is 18.3. The van der Waals surface area contributed by atoms with E-state index in [4.69, 9.17) is 44.3 Å². The van der Waals surface area contributed by atoms with Gasteiger partial charge in [-0.1, -0.05) is 247 Å². The standard InChI is InChI=1S/C18H19Br2NO.C16H12Br2F3NO.C14H11Br2NO2.C14H13BrN2O.C14H10ClF3O2S.C12H9Br2N3O.C12H9Cl2N3O.2CH4/c1-18(2,3)14-6-4-12(5-7-14)10-21-11-13-8-15(19)9-16(20)17(13)22;1-23-15-11(6-13(17)7-14(15)18)9-22-8-10-2-4-12(5-3-10)16(19,20)21;15-10-6-11(13(18)12(16)7-10)14(19)17-8-9-4-2-1-3-5-9;1-10-6-14(18)11(7-13(10)15)8-16-9-12-4-2-3-5-17-12;1-20-11-5-3-9(15)7-13(11)21-12-6-8(14(16,17)18)2-4-10(12)19;2*13-9-5-8(12(18)10(14)6-9)7-16-17-11-3-1-2-4-15-11;;/h4-9,11,22H,10H2,1-3H3;2-7,9H,8H2,1H3;1-7,18H,8H2,(H,17,19);2-8,18H,9H2,1H3;2-7,19H,1H3;2*1-7,18H,(H,15,17);2*1H4/b;;;;;2*16-7+;;. The average Bonchev–Trinajstić information content (AvgIpc) is 0.821. The van der Waals surface area contributed by atoms with Gasteiger partial charge in [-0.25, -0.2) is 9.97 Å². The molecule has 0 aliphatic heterocycles. The van der Waals surface area contributed by atoms with E-state index < -0.39 is 23.5 Å². The number of benzene rings is 11. The second-order valence-electron chi connectivity index (χ2n) is 29.7. The summed E-state index contributed by atoms with van der Waals surface area (Å²) in [5.41, 5.74) is 13.6. The molecule has 0 aliphatic carbocycles. The molecule has 14 aromatic rings. The summed E-state index contributed by atoms with van der Waals surface area (Å²) in [6, 6.07) is 67.9. The summed E-state index contributed by atoms with van der Waals surface area (Å²) in [6.07, 6.45) is 4.20. The van der Waals surface area contributed by atoms with E-state index in [1.54, 1.807) is 123 Å². The molecule has 3 aromatic heterocycles. The maximum atomic E-state index is 12.7. The summed E-state index contributed by atoms with van der Waals surface area (Å²) >= 11 is 48.5. The fraction of sp³-hybridized carbons (Fsp3) is 0.147. The maximum Gasteiger partial charge on any atom is 0.416 e. The number of hydrazone groups is 2. The molecular weight excluding hydrogens is 2490 g/mol. The van der Waals surface area contributed by atoms with Crippen molar-refractivity contribution >= 4 is 239 Å². The molecule has 0 bridgehead atoms. The predicted octanol–water partition coefficient (Wildman–Crippen LogP) is 32.8. The normalized spacial score (nSPS) is 11.1. The van der Waals surface area contributed by atoms with Crippen LogP contribution in [0.4, 0.5) is 38.0 Å². The van der Waals surface area contributed by atoms with Gasteiger partial charge in [-0.05, 0) is 262 Å². The third-order valence-corrected chi connectivity index (χ3v) is 25.3. The number of phenols is 6. The van der Waals surface area contributed by atoms with Crippen LogP contribution in [-0.2, 0) is 43.9 Å². The number of carbonyl (C=O) groups excluding carboxylic acids is 1. The van der Waals surface area contributed by atoms with E-state index in [0.717, 1.165) is 96.9 Å². The van der Waals surface area contributed by atoms with E-state index in [2.05, 4.69) is 245 Å². The highest BCUT2D eigenvalue weighted by Crippen LogP contribution is 2.44. The van der Waals surface area contributed by atoms with Gasteiger partial charge in [0.1, 0.15) is 57.6 Å². The van der Waals surface area contributed by atoms with Crippen LogP contribution >= 0.6 is 190 Å². The van der Waals surface area contributed by atoms with Crippen molar-refractivity contribution in [3.63, 3.8) is 0 Å². The lowest BCUT2D eigenvalue weighted by Gasteiger charge is -2.18. The molecule has 11 aromatic carbocycles. The molecule has 3 heterocycles. The van der Waals surface area contributed by atoms with Crippen molar-refractivity contribution in [1.29, 1.82) is 0 Å². The van der Waals surface area contributed by atoms with Gasteiger partial charge in [0.15, 0.2) is 0 Å². The van der Waals surface area contributed by atoms with Crippen LogP contribution < -0.4 is 25.6 Å². The summed E-state index contributed by atoms with van der Waals surface area (Å²) in [4.78, 5) is 37.8. The number of anilines is 2. The minimum absolute atomic E-state index is 0. The predicted molar refractivity (Wildman–Crippen MR) is 590 cm³/mol. The molecule has 1 amide bonds. The molecule has 9 N–H and O–H groups in total. The Hall–Kier alpha value is -10.2. The summed E-state index contributed by atoms with van der Waals surface area (Å²) < 4.78 is 92.9. The second-order valence-corrected chi connectivity index (χ2v) is 40.0. The lowest BCUT2D eigenvalue weighted by Crippen LogP contribution is -2.22. The molecule has 0 spiro atoms. The van der Waals surface area contributed by atoms with Crippen LogP contribution in [0.3, 0.4) is 0 Å². The number of halogens is 18. The number of amides is 1. The van der Waals surface area contributed by atoms with Crippen LogP contribution in [0.15, 0.2) is 336 Å². The Labute approximate surface area is 908 Å². The van der Waals surface area contributed by atoms with Crippen LogP contribution in [-0.4, -0.2) is 96.8 Å². The summed E-state index contributed by atoms with van der Waals surface area (Å²) in [5, 5.41) is 70.6. The molecule has 0 aliphatic rings. The molecule has 0 unspecified atom stereocenters. The van der Waals surface area contributed by atoms with E-state index in [-0.39, 0.29) is 82.7 Å². The molecule has 0 radical (unpaired) electrons. The zero-order valence-electron chi connectivity index (χ0n) is 73.7. The van der Waals surface area contributed by atoms with Crippen molar-refractivity contribution in [3.05, 3.63) is 395 Å². The molecule has 141 heavy (non-hydrogen) atoms. The van der Waals surface area contributed by atoms with Gasteiger partial charge in [-0.3, -0.25) is 35.6 Å². The number of aromatic nitrogens is 3. The van der Waals surface area contributed by atoms with Gasteiger partial charge in [0.25, 0.3) is 5.91 Å². The smallest absolute Gasteiger partial charge is 0.416 e. The topological polar surface area (TPSA) is 293 Å². The van der Waals surface area contributed by atoms with E-state index in [1.165, 1.54) is 43.3 Å². The van der Waals surface area contributed by atoms with Crippen LogP contribution in [0.25, 0.3) is 0 Å². The number of carbonyl (C=O) groups is 1. The highest BCUT2D eigenvalue weighted by molar-refractivity contribution is 9.12. The van der Waals surface area contributed by atoms with Gasteiger partial charge in [-0.2, -0.15) is 36.5 Å². The van der Waals surface area contributed by atoms with Gasteiger partial charge < -0.3 is 45.4 Å². The number of aliphatic imine (C=N–C) groups is 3. The highest BCUT2D eigenvalue weighted by atomic mass is 79.9. The number of hydrogen-bond donors (Lipinski definition) is 9. The van der Waals surface area contributed by atoms with Crippen LogP contribution in [0.2, 0.25) is 15.1 Å². The molecule has 39 heteroatoms. The largest absolute Gasteiger partial charge is 0.507 e. The lowest BCUT2D eigenvalue weighted by atomic mass is 9.87. The van der Waals surface area contributed by atoms with Crippen LogP contribution in [0.5, 0.6) is 46.0 Å². The number of rotatable bonds is 22. The summed E-state index contributed by atoms with van der Waals surface area (Å²) in [5.74, 6) is 2.24. The Kier molecular flexibility index (Phi) is 50.1. The Morgan fingerprint density at radius 2 is 0.887 bits per heavy atom. The highest BCUT2D eigenvalue weighted by Gasteiger charge is 2.32. The van der Waals surface area contributed by atoms with Crippen LogP contribution in [0, 0.1) is 6.92 Å². The van der Waals surface area contributed by atoms with Crippen LogP contribution in [0.1, 0.15) is 118 Å². The Morgan fingerprint density at radius 1 is 0.418 bits per heavy atom. The molecule has 0 fully saturated rings. The maximum absolute atomic E-state index is 12.7. The number of aromatic hydroxyl groups is 6. The number of alkyl halides is 6. The zero-order valence-corrected chi connectivity index (χ0v) is 91.1. The molecule has 20 nitrogen and oxygen atoms in total. The molecular formula is C102H91Br9Cl3F6N11O9S. The minimum atomic E-state index is -4.47. The van der Waals surface area contributed by atoms with E-state index in [0.29, 0.717) is 98.9 Å². The quantitative estimate of drug-likeness (QED) is 0.0173. The van der Waals surface area contributed by atoms with Crippen molar-refractivity contribution in [3.8, 4) is 46.0 Å². The summed E-state index contributed by atoms with van der Waals surface area (Å²) in [7, 11) is 3.00. The van der Waals surface area contributed by atoms with Crippen molar-refractivity contribution in [2.75, 3.05) is 25.1 Å². The zero-order chi connectivity index (χ0) is 102. The lowest BCUT2D eigenvalue weighted by molar-refractivity contribution is -0.138. The fourth-order valence-corrected chi connectivity index (χ4v) is 18.6. The van der Waals surface area contributed by atoms with Crippen molar-refractivity contribution in [2.24, 2.45) is 25.2 Å². The number of nitrogens with one attached hydrogen (secondary N) is 3. The summed E-state index contributed by atoms with van der Waals surface area (Å²) in [6.45, 7) is 10.3. The number of methoxy groups -OCH3 is 2. The SMILES string of the molecule is C.C.CC(C)(C)c1ccc(CN=Cc2cc(Br)cc(Br)c2O)cc1.COc1c(Br)cc(Br)cc1C=NCc1ccc(C(F)(F)F)cc1.COc1ccc(Cl)cc1Sc1cc(C(F)(F)F)ccc1O.Cc1cc(O)c(C=NCc2ccccn2)cc1Br.O=C(NCc1ccccc1)c1cc(Br)cc(Br)c1O.Oc1c(Br)cc(Br)cc1/C=N/Nc1ccccn1.Oc1c(Cl)cc(Cl)cc1/C=N/Nc1ccccn1. The molecule has 740 valence electrons. The monoisotopic (exact) mass is 2570 g/mol. The van der Waals surface area contributed by atoms with E-state index in [1.807, 2.05) is 97.9 Å². The van der Waals surface area contributed by atoms with Gasteiger partial charge in [0, 0.05) is 104 Å². The van der Waals surface area contributed by atoms with Gasteiger partial charge in [-0.15, -0.1) is 0 Å². The molecule has 0 saturated heterocycles. The molecule has 14 rings (SSSR count). The first-order chi connectivity index (χ1) is 66.0. The van der Waals surface area contributed by atoms with Gasteiger partial charge in [0.2, 0.25) is 0 Å². The van der Waals surface area contributed by atoms with Gasteiger partial charge in [0.05, 0.1) is 101 Å². The number of hydrogen-bond acceptors (Lipinski definition) is 20. The van der Waals surface area contributed by atoms with E-state index in [9.17, 15) is 61.8 Å². The van der Waals surface area contributed by atoms with Crippen molar-refractivity contribution < 1.29 is 71.2 Å². The first-order valence-electron chi connectivity index (χ1n) is 40.5. The Balaban J connectivity index is 0.000000252. The first kappa shape index (κ1) is 120. The Bertz CT molecular complexity index is 6500. The second kappa shape index (κ2) is 59.2. The van der Waals surface area contributed by atoms with E-state index >= 15 is 0 Å². The number of pyridine rings is 3. The fourth-order valence-electron chi connectivity index (χ4n) is 11.3. The minimum Gasteiger partial charge on any atom is -0.507 e. The van der Waals surface area contributed by atoms with Crippen molar-refractivity contribution in [1.82, 2.24) is 20.3 Å². The third kappa shape index (κ3) is 40.5. The first-order valence-corrected chi connectivity index (χ1v) is 49.6. The average molecular weight is 2590 g/mol. The Morgan fingerprint density at radius 3 is 1.40 bits per heavy atom. The number of ether oxygens (including phenoxy) is 2. The molecule has 0 atom stereocenters. The number of aryl methyl sites for hydroxylation is 1. The number of nitrogens with zero attached hydrogens (tertiary/aromatic N) is 8. The molecule has 0 saturated carbocycles. The van der Waals surface area contributed by atoms with Gasteiger partial charge >= 0.3 is 12.4 Å².